The van der Waals surface area contributed by atoms with Crippen molar-refractivity contribution in [3.8, 4) is 0 Å². The van der Waals surface area contributed by atoms with Crippen molar-refractivity contribution in [3.05, 3.63) is 53.9 Å². The third kappa shape index (κ3) is 5.58. The Morgan fingerprint density at radius 1 is 0.806 bits per heavy atom. The van der Waals surface area contributed by atoms with E-state index in [0.717, 1.165) is 37.7 Å². The number of hydrogen-bond donors (Lipinski definition) is 0. The molecule has 2 aliphatic heterocycles. The summed E-state index contributed by atoms with van der Waals surface area (Å²) in [5, 5.41) is 0. The maximum Gasteiger partial charge on any atom is 0.236 e. The molecular weight excluding hydrogens is 392 g/mol. The van der Waals surface area contributed by atoms with Gasteiger partial charge in [0.05, 0.1) is 13.0 Å². The Labute approximate surface area is 183 Å². The molecule has 8 nitrogen and oxygen atoms in total. The molecule has 0 N–H and O–H groups in total. The third-order valence-electron chi connectivity index (χ3n) is 6.03. The fourth-order valence-electron chi connectivity index (χ4n) is 4.05. The Hall–Kier alpha value is -3.00. The second-order valence-electron chi connectivity index (χ2n) is 8.24. The van der Waals surface area contributed by atoms with Crippen LogP contribution in [0.4, 0.5) is 5.95 Å². The van der Waals surface area contributed by atoms with E-state index < -0.39 is 0 Å². The number of hydrogen-bond acceptors (Lipinski definition) is 6. The fraction of sp³-hybridized carbons (Fsp3) is 0.478. The third-order valence-corrected chi connectivity index (χ3v) is 6.03. The van der Waals surface area contributed by atoms with E-state index >= 15 is 0 Å². The molecule has 3 heterocycles. The van der Waals surface area contributed by atoms with Crippen molar-refractivity contribution in [3.63, 3.8) is 0 Å². The van der Waals surface area contributed by atoms with Gasteiger partial charge in [-0.25, -0.2) is 9.97 Å². The minimum Gasteiger partial charge on any atom is -0.340 e. The van der Waals surface area contributed by atoms with Crippen LogP contribution in [-0.4, -0.2) is 95.4 Å². The van der Waals surface area contributed by atoms with Gasteiger partial charge in [0, 0.05) is 64.8 Å². The van der Waals surface area contributed by atoms with Crippen LogP contribution in [0.15, 0.2) is 42.7 Å². The van der Waals surface area contributed by atoms with E-state index in [1.54, 1.807) is 18.5 Å². The highest BCUT2D eigenvalue weighted by Crippen LogP contribution is 2.12. The molecule has 4 rings (SSSR count). The quantitative estimate of drug-likeness (QED) is 0.711. The number of carbonyl (C=O) groups is 2. The highest BCUT2D eigenvalue weighted by atomic mass is 16.2. The number of nitrogens with zero attached hydrogens (tertiary/aromatic N) is 6. The molecule has 2 saturated heterocycles. The molecule has 2 fully saturated rings. The number of aryl methyl sites for hydroxylation is 1. The van der Waals surface area contributed by atoms with Crippen LogP contribution in [0.25, 0.3) is 0 Å². The Balaban J connectivity index is 1.19. The van der Waals surface area contributed by atoms with Crippen molar-refractivity contribution in [2.45, 2.75) is 13.3 Å². The summed E-state index contributed by atoms with van der Waals surface area (Å²) in [6.45, 7) is 8.17. The standard InChI is InChI=1S/C23H30N6O2/c1-19-3-5-20(6-4-19)17-21(30)27-11-9-26(10-12-27)18-22(31)28-13-15-29(16-14-28)23-24-7-2-8-25-23/h2-8H,9-18H2,1H3. The van der Waals surface area contributed by atoms with Crippen LogP contribution >= 0.6 is 0 Å². The van der Waals surface area contributed by atoms with E-state index in [-0.39, 0.29) is 11.8 Å². The fourth-order valence-corrected chi connectivity index (χ4v) is 4.05. The Kier molecular flexibility index (Phi) is 6.76. The van der Waals surface area contributed by atoms with E-state index in [4.69, 9.17) is 0 Å². The summed E-state index contributed by atoms with van der Waals surface area (Å²) < 4.78 is 0. The van der Waals surface area contributed by atoms with Crippen molar-refractivity contribution < 1.29 is 9.59 Å². The molecule has 31 heavy (non-hydrogen) atoms. The molecule has 0 bridgehead atoms. The van der Waals surface area contributed by atoms with Crippen LogP contribution in [0.1, 0.15) is 11.1 Å². The molecular formula is C23H30N6O2. The average molecular weight is 423 g/mol. The van der Waals surface area contributed by atoms with Gasteiger partial charge < -0.3 is 14.7 Å². The molecule has 0 aliphatic carbocycles. The molecule has 1 aromatic heterocycles. The second-order valence-corrected chi connectivity index (χ2v) is 8.24. The van der Waals surface area contributed by atoms with Crippen molar-refractivity contribution in [2.75, 3.05) is 63.8 Å². The van der Waals surface area contributed by atoms with E-state index in [1.807, 2.05) is 41.0 Å². The predicted octanol–water partition coefficient (Wildman–Crippen LogP) is 0.821. The van der Waals surface area contributed by atoms with Crippen LogP contribution < -0.4 is 4.90 Å². The summed E-state index contributed by atoms with van der Waals surface area (Å²) in [6.07, 6.45) is 3.92. The van der Waals surface area contributed by atoms with E-state index in [1.165, 1.54) is 5.56 Å². The lowest BCUT2D eigenvalue weighted by atomic mass is 10.1. The first-order valence-corrected chi connectivity index (χ1v) is 10.9. The van der Waals surface area contributed by atoms with Crippen molar-refractivity contribution in [2.24, 2.45) is 0 Å². The summed E-state index contributed by atoms with van der Waals surface area (Å²) in [5.41, 5.74) is 2.25. The van der Waals surface area contributed by atoms with Gasteiger partial charge in [-0.15, -0.1) is 0 Å². The van der Waals surface area contributed by atoms with Gasteiger partial charge in [-0.05, 0) is 18.6 Å². The lowest BCUT2D eigenvalue weighted by molar-refractivity contribution is -0.135. The molecule has 0 atom stereocenters. The molecule has 2 amide bonds. The second kappa shape index (κ2) is 9.87. The van der Waals surface area contributed by atoms with Crippen LogP contribution in [-0.2, 0) is 16.0 Å². The molecule has 0 unspecified atom stereocenters. The summed E-state index contributed by atoms with van der Waals surface area (Å²) in [4.78, 5) is 42.0. The van der Waals surface area contributed by atoms with Gasteiger partial charge in [0.25, 0.3) is 0 Å². The Bertz CT molecular complexity index is 873. The first-order valence-electron chi connectivity index (χ1n) is 10.9. The number of aromatic nitrogens is 2. The van der Waals surface area contributed by atoms with E-state index in [2.05, 4.69) is 19.8 Å². The minimum absolute atomic E-state index is 0.160. The van der Waals surface area contributed by atoms with Gasteiger partial charge in [-0.1, -0.05) is 29.8 Å². The van der Waals surface area contributed by atoms with Crippen molar-refractivity contribution in [1.29, 1.82) is 0 Å². The molecule has 2 aromatic rings. The van der Waals surface area contributed by atoms with Gasteiger partial charge >= 0.3 is 0 Å². The van der Waals surface area contributed by atoms with E-state index in [0.29, 0.717) is 39.1 Å². The van der Waals surface area contributed by atoms with Crippen LogP contribution in [0.2, 0.25) is 0 Å². The number of rotatable bonds is 5. The molecule has 0 saturated carbocycles. The van der Waals surface area contributed by atoms with Gasteiger partial charge in [-0.2, -0.15) is 0 Å². The predicted molar refractivity (Wildman–Crippen MR) is 119 cm³/mol. The molecule has 2 aliphatic rings. The average Bonchev–Trinajstić information content (AvgIpc) is 2.81. The molecule has 0 radical (unpaired) electrons. The Morgan fingerprint density at radius 3 is 2.03 bits per heavy atom. The largest absolute Gasteiger partial charge is 0.340 e. The molecule has 0 spiro atoms. The van der Waals surface area contributed by atoms with E-state index in [9.17, 15) is 9.59 Å². The van der Waals surface area contributed by atoms with Gasteiger partial charge in [0.1, 0.15) is 0 Å². The smallest absolute Gasteiger partial charge is 0.236 e. The normalized spacial score (nSPS) is 17.6. The zero-order valence-corrected chi connectivity index (χ0v) is 18.1. The lowest BCUT2D eigenvalue weighted by Crippen LogP contribution is -2.54. The first kappa shape index (κ1) is 21.2. The van der Waals surface area contributed by atoms with Crippen LogP contribution in [0.5, 0.6) is 0 Å². The van der Waals surface area contributed by atoms with Gasteiger partial charge in [-0.3, -0.25) is 14.5 Å². The Morgan fingerprint density at radius 2 is 1.39 bits per heavy atom. The maximum atomic E-state index is 12.7. The van der Waals surface area contributed by atoms with Crippen LogP contribution in [0.3, 0.4) is 0 Å². The number of carbonyl (C=O) groups excluding carboxylic acids is 2. The summed E-state index contributed by atoms with van der Waals surface area (Å²) in [7, 11) is 0. The van der Waals surface area contributed by atoms with Gasteiger partial charge in [0.2, 0.25) is 17.8 Å². The maximum absolute atomic E-state index is 12.7. The van der Waals surface area contributed by atoms with Gasteiger partial charge in [0.15, 0.2) is 0 Å². The zero-order chi connectivity index (χ0) is 21.6. The SMILES string of the molecule is Cc1ccc(CC(=O)N2CCN(CC(=O)N3CCN(c4ncccn4)CC3)CC2)cc1. The number of amides is 2. The summed E-state index contributed by atoms with van der Waals surface area (Å²) >= 11 is 0. The molecule has 164 valence electrons. The minimum atomic E-state index is 0.160. The number of anilines is 1. The van der Waals surface area contributed by atoms with Crippen molar-refractivity contribution >= 4 is 17.8 Å². The zero-order valence-electron chi connectivity index (χ0n) is 18.1. The molecule has 8 heteroatoms. The van der Waals surface area contributed by atoms with Crippen molar-refractivity contribution in [1.82, 2.24) is 24.7 Å². The lowest BCUT2D eigenvalue weighted by Gasteiger charge is -2.38. The highest BCUT2D eigenvalue weighted by Gasteiger charge is 2.26. The molecule has 1 aromatic carbocycles. The first-order chi connectivity index (χ1) is 15.1. The topological polar surface area (TPSA) is 72.9 Å². The summed E-state index contributed by atoms with van der Waals surface area (Å²) in [5.74, 6) is 1.04. The van der Waals surface area contributed by atoms with Crippen LogP contribution in [0, 0.1) is 6.92 Å². The monoisotopic (exact) mass is 422 g/mol. The number of benzene rings is 1. The summed E-state index contributed by atoms with van der Waals surface area (Å²) in [6, 6.07) is 9.93. The number of piperazine rings is 2. The highest BCUT2D eigenvalue weighted by molar-refractivity contribution is 5.79.